The van der Waals surface area contributed by atoms with Crippen LogP contribution in [0, 0.1) is 0 Å². The zero-order valence-corrected chi connectivity index (χ0v) is 22.3. The molecule has 0 aliphatic rings. The van der Waals surface area contributed by atoms with Crippen molar-refractivity contribution in [2.75, 3.05) is 0 Å². The van der Waals surface area contributed by atoms with E-state index in [1.54, 1.807) is 0 Å². The van der Waals surface area contributed by atoms with Crippen molar-refractivity contribution in [3.8, 4) is 0 Å². The van der Waals surface area contributed by atoms with Crippen LogP contribution in [0.1, 0.15) is 89.0 Å². The first-order valence-electron chi connectivity index (χ1n) is 12.4. The van der Waals surface area contributed by atoms with Gasteiger partial charge in [-0.05, 0) is 66.0 Å². The predicted molar refractivity (Wildman–Crippen MR) is 141 cm³/mol. The second-order valence-electron chi connectivity index (χ2n) is 7.86. The van der Waals surface area contributed by atoms with Gasteiger partial charge in [-0.2, -0.15) is 0 Å². The van der Waals surface area contributed by atoms with Gasteiger partial charge in [0.05, 0.1) is 5.57 Å². The summed E-state index contributed by atoms with van der Waals surface area (Å²) in [5.41, 5.74) is 16.3. The van der Waals surface area contributed by atoms with Crippen molar-refractivity contribution in [3.63, 3.8) is 0 Å². The van der Waals surface area contributed by atoms with E-state index < -0.39 is 0 Å². The monoisotopic (exact) mass is 488 g/mol. The van der Waals surface area contributed by atoms with Gasteiger partial charge in [0.2, 0.25) is 0 Å². The van der Waals surface area contributed by atoms with Gasteiger partial charge in [0.25, 0.3) is 0 Å². The third-order valence-electron chi connectivity index (χ3n) is 5.33. The van der Waals surface area contributed by atoms with E-state index >= 15 is 0 Å². The summed E-state index contributed by atoms with van der Waals surface area (Å²) in [6.07, 6.45) is 9.65. The van der Waals surface area contributed by atoms with E-state index in [0.29, 0.717) is 0 Å². The Bertz CT molecular complexity index is 930. The van der Waals surface area contributed by atoms with E-state index in [0.717, 1.165) is 43.3 Å². The summed E-state index contributed by atoms with van der Waals surface area (Å²) < 4.78 is 0. The average molecular weight is 489 g/mol. The van der Waals surface area contributed by atoms with Crippen LogP contribution < -0.4 is 0 Å². The van der Waals surface area contributed by atoms with Crippen LogP contribution in [0.3, 0.4) is 0 Å². The van der Waals surface area contributed by atoms with Crippen molar-refractivity contribution in [2.24, 2.45) is 0 Å². The normalized spacial score (nSPS) is 10.8. The van der Waals surface area contributed by atoms with Crippen LogP contribution in [0.15, 0.2) is 60.2 Å². The van der Waals surface area contributed by atoms with Crippen molar-refractivity contribution in [1.82, 2.24) is 0 Å². The number of aryl methyl sites for hydroxylation is 2. The van der Waals surface area contributed by atoms with Crippen molar-refractivity contribution in [1.29, 1.82) is 0 Å². The molecule has 2 nitrogen and oxygen atoms in total. The first-order chi connectivity index (χ1) is 16.1. The first-order valence-corrected chi connectivity index (χ1v) is 13.8. The van der Waals surface area contributed by atoms with Gasteiger partial charge in [0.15, 0.2) is 0 Å². The summed E-state index contributed by atoms with van der Waals surface area (Å²) in [7, 11) is 0. The van der Waals surface area contributed by atoms with Gasteiger partial charge >= 0.3 is 44.9 Å². The molecule has 0 saturated heterocycles. The molecule has 0 unspecified atom stereocenters. The van der Waals surface area contributed by atoms with Crippen molar-refractivity contribution >= 4 is 11.4 Å². The van der Waals surface area contributed by atoms with Crippen LogP contribution in [0.5, 0.6) is 0 Å². The number of rotatable bonds is 12. The van der Waals surface area contributed by atoms with E-state index in [1.165, 1.54) is 45.9 Å². The Balaban J connectivity index is 0.000000981. The molecule has 0 atom stereocenters. The third-order valence-corrected chi connectivity index (χ3v) is 6.32. The van der Waals surface area contributed by atoms with Gasteiger partial charge in [0.1, 0.15) is 0 Å². The minimum atomic E-state index is 0.854. The molecule has 182 valence electrons. The van der Waals surface area contributed by atoms with Crippen LogP contribution >= 0.6 is 0 Å². The Kier molecular flexibility index (Phi) is 16.0. The van der Waals surface area contributed by atoms with Crippen LogP contribution in [-0.2, 0) is 27.3 Å². The van der Waals surface area contributed by atoms with E-state index in [4.69, 9.17) is 5.53 Å². The van der Waals surface area contributed by atoms with E-state index in [2.05, 4.69) is 99.9 Å². The topological polar surface area (TPSA) is 36.4 Å². The molecule has 0 spiro atoms. The summed E-state index contributed by atoms with van der Waals surface area (Å²) >= 11 is 1.82. The molecule has 0 aliphatic heterocycles. The third kappa shape index (κ3) is 11.5. The number of nitrogens with zero attached hydrogens (tertiary/aromatic N) is 2. The van der Waals surface area contributed by atoms with Crippen LogP contribution in [0.4, 0.5) is 0 Å². The van der Waals surface area contributed by atoms with Gasteiger partial charge in [0, 0.05) is 0 Å². The Morgan fingerprint density at radius 2 is 1.48 bits per heavy atom. The summed E-state index contributed by atoms with van der Waals surface area (Å²) in [4.78, 5) is 3.19. The molecule has 2 aromatic rings. The zero-order chi connectivity index (χ0) is 24.3. The minimum absolute atomic E-state index is 0.854. The zero-order valence-electron chi connectivity index (χ0n) is 21.3. The Morgan fingerprint density at radius 1 is 0.879 bits per heavy atom. The van der Waals surface area contributed by atoms with E-state index in [1.807, 2.05) is 14.4 Å². The summed E-state index contributed by atoms with van der Waals surface area (Å²) in [5.74, 6) is 2.79. The van der Waals surface area contributed by atoms with Crippen LogP contribution in [0.2, 0.25) is 10.8 Å². The quantitative estimate of drug-likeness (QED) is 0.0938. The number of benzene rings is 2. The summed E-state index contributed by atoms with van der Waals surface area (Å²) in [6, 6.07) is 17.5. The van der Waals surface area contributed by atoms with Crippen molar-refractivity contribution in [3.05, 3.63) is 88.0 Å². The number of allylic oxidation sites excluding steroid dienone is 2. The molecule has 0 heterocycles. The molecular weight excluding hydrogens is 447 g/mol. The molecule has 0 bridgehead atoms. The van der Waals surface area contributed by atoms with Crippen molar-refractivity contribution in [2.45, 2.75) is 90.3 Å². The SMILES string of the molecule is CCCCC(=C=[N+]=[N-])C=C(c1cccc(CC)c1)c1cccc(CCCC)c1.C[CH2][Ni][CH2]C. The van der Waals surface area contributed by atoms with Gasteiger partial charge in [-0.25, -0.2) is 0 Å². The van der Waals surface area contributed by atoms with E-state index in [9.17, 15) is 0 Å². The van der Waals surface area contributed by atoms with Gasteiger partial charge in [-0.3, -0.25) is 0 Å². The molecule has 0 amide bonds. The summed E-state index contributed by atoms with van der Waals surface area (Å²) in [6.45, 7) is 10.9. The second kappa shape index (κ2) is 18.3. The Morgan fingerprint density at radius 3 is 2.00 bits per heavy atom. The molecule has 0 N–H and O–H groups in total. The molecule has 0 aliphatic carbocycles. The number of hydrogen-bond acceptors (Lipinski definition) is 0. The van der Waals surface area contributed by atoms with E-state index in [-0.39, 0.29) is 0 Å². The molecule has 0 saturated carbocycles. The van der Waals surface area contributed by atoms with Crippen molar-refractivity contribution < 1.29 is 19.2 Å². The maximum atomic E-state index is 9.08. The summed E-state index contributed by atoms with van der Waals surface area (Å²) in [5, 5.41) is 2.56. The fourth-order valence-electron chi connectivity index (χ4n) is 3.49. The fraction of sp³-hybridized carbons (Fsp3) is 0.467. The van der Waals surface area contributed by atoms with Gasteiger partial charge in [-0.15, -0.1) is 4.79 Å². The molecule has 2 aromatic carbocycles. The molecule has 0 aromatic heterocycles. The average Bonchev–Trinajstić information content (AvgIpc) is 2.85. The maximum absolute atomic E-state index is 9.08. The molecule has 33 heavy (non-hydrogen) atoms. The Labute approximate surface area is 208 Å². The number of unbranched alkanes of at least 4 members (excludes halogenated alkanes) is 2. The molecule has 0 radical (unpaired) electrons. The van der Waals surface area contributed by atoms with Gasteiger partial charge < -0.3 is 5.53 Å². The van der Waals surface area contributed by atoms with Crippen LogP contribution in [0.25, 0.3) is 11.1 Å². The molecule has 0 fully saturated rings. The fourth-order valence-corrected chi connectivity index (χ4v) is 3.99. The van der Waals surface area contributed by atoms with Gasteiger partial charge in [-0.1, -0.05) is 82.1 Å². The molecule has 3 heteroatoms. The first kappa shape index (κ1) is 28.9. The molecular formula is C30H42N2Ni. The second-order valence-corrected chi connectivity index (χ2v) is 9.75. The molecule has 2 rings (SSSR count). The predicted octanol–water partition coefficient (Wildman–Crippen LogP) is 8.98. The number of hydrogen-bond donors (Lipinski definition) is 0. The Hall–Kier alpha value is -2.17. The standard InChI is InChI=1S/C26H32N2.2C2H5.Ni/c1-4-7-11-22-14-10-16-25(18-22)26(19-23(20-28-27)12-8-5-2)24-15-9-13-21(6-3)17-24;2*1-2;/h9-10,13-19H,4-8,11-12H2,1-3H3;2*1H2,2H3;. The van der Waals surface area contributed by atoms with Crippen LogP contribution in [-0.4, -0.2) is 10.7 Å².